The van der Waals surface area contributed by atoms with E-state index in [1.54, 1.807) is 44.2 Å². The Morgan fingerprint density at radius 2 is 1.74 bits per heavy atom. The molecule has 0 bridgehead atoms. The van der Waals surface area contributed by atoms with Crippen LogP contribution in [0.15, 0.2) is 58.8 Å². The summed E-state index contributed by atoms with van der Waals surface area (Å²) in [7, 11) is 0. The van der Waals surface area contributed by atoms with Crippen molar-refractivity contribution in [3.05, 3.63) is 59.2 Å². The maximum Gasteiger partial charge on any atom is 0.365 e. The molecule has 0 saturated carbocycles. The second kappa shape index (κ2) is 5.44. The average molecular weight is 255 g/mol. The predicted octanol–water partition coefficient (Wildman–Crippen LogP) is 2.67. The number of rotatable bonds is 2. The summed E-state index contributed by atoms with van der Waals surface area (Å²) >= 11 is 0. The van der Waals surface area contributed by atoms with Crippen molar-refractivity contribution in [2.45, 2.75) is 13.8 Å². The van der Waals surface area contributed by atoms with Crippen LogP contribution in [0, 0.1) is 0 Å². The Morgan fingerprint density at radius 1 is 1.05 bits per heavy atom. The number of ketones is 1. The molecule has 0 fully saturated rings. The number of benzene rings is 1. The van der Waals surface area contributed by atoms with Gasteiger partial charge in [-0.25, -0.2) is 4.79 Å². The molecule has 0 N–H and O–H groups in total. The molecule has 0 atom stereocenters. The van der Waals surface area contributed by atoms with Gasteiger partial charge in [0, 0.05) is 5.57 Å². The van der Waals surface area contributed by atoms with Crippen LogP contribution in [-0.4, -0.2) is 17.5 Å². The van der Waals surface area contributed by atoms with Crippen LogP contribution in [-0.2, 0) is 9.63 Å². The van der Waals surface area contributed by atoms with Crippen molar-refractivity contribution in [1.82, 2.24) is 0 Å². The van der Waals surface area contributed by atoms with Crippen LogP contribution in [0.2, 0.25) is 0 Å². The van der Waals surface area contributed by atoms with Gasteiger partial charge < -0.3 is 4.84 Å². The van der Waals surface area contributed by atoms with Gasteiger partial charge in [-0.2, -0.15) is 0 Å². The highest BCUT2D eigenvalue weighted by atomic mass is 16.7. The van der Waals surface area contributed by atoms with Gasteiger partial charge in [-0.05, 0) is 43.7 Å². The standard InChI is InChI=1S/C15H13NO3/c1-10-11(2)14(17)9-8-13(10)16-19-15(18)12-6-4-3-5-7-12/h3-9H,1-2H3/b16-13+. The molecule has 0 heterocycles. The Labute approximate surface area is 111 Å². The molecule has 1 aromatic carbocycles. The van der Waals surface area contributed by atoms with E-state index in [4.69, 9.17) is 4.84 Å². The third-order valence-corrected chi connectivity index (χ3v) is 2.95. The van der Waals surface area contributed by atoms with Gasteiger partial charge in [-0.15, -0.1) is 0 Å². The van der Waals surface area contributed by atoms with Crippen molar-refractivity contribution in [3.63, 3.8) is 0 Å². The van der Waals surface area contributed by atoms with E-state index in [2.05, 4.69) is 5.16 Å². The number of nitrogens with zero attached hydrogens (tertiary/aromatic N) is 1. The van der Waals surface area contributed by atoms with E-state index in [0.29, 0.717) is 22.4 Å². The van der Waals surface area contributed by atoms with E-state index >= 15 is 0 Å². The summed E-state index contributed by atoms with van der Waals surface area (Å²) in [5, 5.41) is 3.80. The lowest BCUT2D eigenvalue weighted by atomic mass is 9.97. The van der Waals surface area contributed by atoms with Crippen molar-refractivity contribution >= 4 is 17.5 Å². The molecule has 4 nitrogen and oxygen atoms in total. The molecule has 19 heavy (non-hydrogen) atoms. The second-order valence-corrected chi connectivity index (χ2v) is 4.17. The average Bonchev–Trinajstić information content (AvgIpc) is 2.45. The topological polar surface area (TPSA) is 55.7 Å². The highest BCUT2D eigenvalue weighted by Crippen LogP contribution is 2.14. The van der Waals surface area contributed by atoms with E-state index in [1.807, 2.05) is 6.07 Å². The van der Waals surface area contributed by atoms with Crippen molar-refractivity contribution < 1.29 is 14.4 Å². The molecule has 0 aliphatic heterocycles. The highest BCUT2D eigenvalue weighted by molar-refractivity contribution is 6.21. The highest BCUT2D eigenvalue weighted by Gasteiger charge is 2.15. The molecule has 96 valence electrons. The molecule has 2 rings (SSSR count). The van der Waals surface area contributed by atoms with Crippen molar-refractivity contribution in [1.29, 1.82) is 0 Å². The Balaban J connectivity index is 2.14. The van der Waals surface area contributed by atoms with Crippen LogP contribution in [0.1, 0.15) is 24.2 Å². The van der Waals surface area contributed by atoms with Crippen LogP contribution in [0.4, 0.5) is 0 Å². The van der Waals surface area contributed by atoms with Crippen LogP contribution >= 0.6 is 0 Å². The van der Waals surface area contributed by atoms with Gasteiger partial charge in [0.2, 0.25) is 0 Å². The number of hydrogen-bond acceptors (Lipinski definition) is 4. The minimum Gasteiger partial charge on any atom is -0.312 e. The van der Waals surface area contributed by atoms with Gasteiger partial charge in [0.15, 0.2) is 5.78 Å². The molecule has 0 radical (unpaired) electrons. The number of oxime groups is 1. The zero-order valence-corrected chi connectivity index (χ0v) is 10.7. The van der Waals surface area contributed by atoms with Crippen molar-refractivity contribution in [2.24, 2.45) is 5.16 Å². The fourth-order valence-corrected chi connectivity index (χ4v) is 1.60. The first kappa shape index (κ1) is 13.0. The smallest absolute Gasteiger partial charge is 0.312 e. The van der Waals surface area contributed by atoms with Crippen LogP contribution < -0.4 is 0 Å². The van der Waals surface area contributed by atoms with Crippen molar-refractivity contribution in [2.75, 3.05) is 0 Å². The third-order valence-electron chi connectivity index (χ3n) is 2.95. The lowest BCUT2D eigenvalue weighted by Gasteiger charge is -2.09. The van der Waals surface area contributed by atoms with E-state index in [-0.39, 0.29) is 5.78 Å². The lowest BCUT2D eigenvalue weighted by molar-refractivity contribution is -0.111. The maximum atomic E-state index is 11.7. The quantitative estimate of drug-likeness (QED) is 0.464. The first-order valence-corrected chi connectivity index (χ1v) is 5.84. The molecule has 0 unspecified atom stereocenters. The van der Waals surface area contributed by atoms with Gasteiger partial charge in [0.1, 0.15) is 5.71 Å². The largest absolute Gasteiger partial charge is 0.365 e. The number of carbonyl (C=O) groups excluding carboxylic acids is 2. The van der Waals surface area contributed by atoms with Gasteiger partial charge in [-0.1, -0.05) is 23.4 Å². The first-order valence-electron chi connectivity index (χ1n) is 5.84. The minimum atomic E-state index is -0.524. The summed E-state index contributed by atoms with van der Waals surface area (Å²) in [5.74, 6) is -0.574. The normalized spacial score (nSPS) is 16.9. The Kier molecular flexibility index (Phi) is 3.71. The van der Waals surface area contributed by atoms with Gasteiger partial charge in [-0.3, -0.25) is 4.79 Å². The van der Waals surface area contributed by atoms with Gasteiger partial charge in [0.25, 0.3) is 0 Å². The minimum absolute atomic E-state index is 0.0502. The summed E-state index contributed by atoms with van der Waals surface area (Å²) < 4.78 is 0. The summed E-state index contributed by atoms with van der Waals surface area (Å²) in [4.78, 5) is 28.0. The second-order valence-electron chi connectivity index (χ2n) is 4.17. The molecular formula is C15H13NO3. The molecule has 4 heteroatoms. The maximum absolute atomic E-state index is 11.7. The molecular weight excluding hydrogens is 242 g/mol. The number of allylic oxidation sites excluding steroid dienone is 4. The fourth-order valence-electron chi connectivity index (χ4n) is 1.60. The van der Waals surface area contributed by atoms with Crippen LogP contribution in [0.25, 0.3) is 0 Å². The van der Waals surface area contributed by atoms with E-state index < -0.39 is 5.97 Å². The van der Waals surface area contributed by atoms with Gasteiger partial charge >= 0.3 is 5.97 Å². The Morgan fingerprint density at radius 3 is 2.42 bits per heavy atom. The van der Waals surface area contributed by atoms with Crippen LogP contribution in [0.3, 0.4) is 0 Å². The third kappa shape index (κ3) is 2.85. The predicted molar refractivity (Wildman–Crippen MR) is 71.8 cm³/mol. The summed E-state index contributed by atoms with van der Waals surface area (Å²) in [6.45, 7) is 3.49. The summed E-state index contributed by atoms with van der Waals surface area (Å²) in [5.41, 5.74) is 2.24. The summed E-state index contributed by atoms with van der Waals surface area (Å²) in [6, 6.07) is 8.61. The summed E-state index contributed by atoms with van der Waals surface area (Å²) in [6.07, 6.45) is 2.96. The Bertz CT molecular complexity index is 610. The SMILES string of the molecule is CC1=C(C)/C(=N/OC(=O)c2ccccc2)C=CC1=O. The molecule has 0 spiro atoms. The monoisotopic (exact) mass is 255 g/mol. The molecule has 1 aromatic rings. The van der Waals surface area contributed by atoms with Crippen molar-refractivity contribution in [3.8, 4) is 0 Å². The fraction of sp³-hybridized carbons (Fsp3) is 0.133. The molecule has 0 amide bonds. The number of hydrogen-bond donors (Lipinski definition) is 0. The molecule has 0 saturated heterocycles. The van der Waals surface area contributed by atoms with E-state index in [9.17, 15) is 9.59 Å². The van der Waals surface area contributed by atoms with E-state index in [0.717, 1.165) is 0 Å². The van der Waals surface area contributed by atoms with E-state index in [1.165, 1.54) is 6.08 Å². The molecule has 1 aliphatic carbocycles. The van der Waals surface area contributed by atoms with Gasteiger partial charge in [0.05, 0.1) is 5.56 Å². The first-order chi connectivity index (χ1) is 9.09. The molecule has 0 aromatic heterocycles. The van der Waals surface area contributed by atoms with Crippen LogP contribution in [0.5, 0.6) is 0 Å². The Hall–Kier alpha value is -2.49. The lowest BCUT2D eigenvalue weighted by Crippen LogP contribution is -2.12. The number of carbonyl (C=O) groups is 2. The molecule has 1 aliphatic rings. The zero-order chi connectivity index (χ0) is 13.8. The zero-order valence-electron chi connectivity index (χ0n) is 10.7.